The van der Waals surface area contributed by atoms with E-state index in [9.17, 15) is 13.2 Å². The number of rotatable bonds is 12. The second kappa shape index (κ2) is 12.9. The first-order valence-electron chi connectivity index (χ1n) is 13.6. The summed E-state index contributed by atoms with van der Waals surface area (Å²) in [5, 5.41) is 0.620. The number of hydrogen-bond donors (Lipinski definition) is 0. The van der Waals surface area contributed by atoms with Crippen LogP contribution >= 0.6 is 11.3 Å². The van der Waals surface area contributed by atoms with E-state index >= 15 is 0 Å². The molecule has 0 radical (unpaired) electrons. The van der Waals surface area contributed by atoms with Crippen molar-refractivity contribution < 1.29 is 13.2 Å². The molecule has 6 nitrogen and oxygen atoms in total. The fraction of sp³-hybridized carbons (Fsp3) is 0.355. The second-order valence-electron chi connectivity index (χ2n) is 9.86. The van der Waals surface area contributed by atoms with Gasteiger partial charge in [0.05, 0.1) is 21.7 Å². The second-order valence-corrected chi connectivity index (χ2v) is 12.8. The summed E-state index contributed by atoms with van der Waals surface area (Å²) in [5.41, 5.74) is 4.57. The molecule has 0 aliphatic carbocycles. The van der Waals surface area contributed by atoms with Crippen molar-refractivity contribution in [2.45, 2.75) is 64.8 Å². The molecule has 206 valence electrons. The van der Waals surface area contributed by atoms with E-state index < -0.39 is 10.0 Å². The number of carbonyl (C=O) groups is 1. The molecule has 1 amide bonds. The highest BCUT2D eigenvalue weighted by Crippen LogP contribution is 2.33. The number of unbranched alkanes of at least 4 members (excludes halogenated alkanes) is 2. The Morgan fingerprint density at radius 2 is 1.51 bits per heavy atom. The molecule has 1 aromatic heterocycles. The summed E-state index contributed by atoms with van der Waals surface area (Å²) >= 11 is 1.49. The predicted octanol–water partition coefficient (Wildman–Crippen LogP) is 7.35. The van der Waals surface area contributed by atoms with Crippen molar-refractivity contribution in [3.8, 4) is 0 Å². The van der Waals surface area contributed by atoms with Crippen molar-refractivity contribution in [1.29, 1.82) is 0 Å². The zero-order valence-electron chi connectivity index (χ0n) is 23.2. The van der Waals surface area contributed by atoms with Crippen LogP contribution in [0.1, 0.15) is 66.6 Å². The van der Waals surface area contributed by atoms with Crippen molar-refractivity contribution in [2.24, 2.45) is 0 Å². The van der Waals surface area contributed by atoms with Crippen LogP contribution in [0.5, 0.6) is 0 Å². The van der Waals surface area contributed by atoms with Gasteiger partial charge < -0.3 is 0 Å². The highest BCUT2D eigenvalue weighted by Gasteiger charge is 2.26. The van der Waals surface area contributed by atoms with Gasteiger partial charge in [-0.2, -0.15) is 4.31 Å². The number of carbonyl (C=O) groups excluding carboxylic acids is 1. The Morgan fingerprint density at radius 1 is 0.872 bits per heavy atom. The van der Waals surface area contributed by atoms with Gasteiger partial charge in [0.25, 0.3) is 5.91 Å². The molecule has 0 spiro atoms. The van der Waals surface area contributed by atoms with Crippen molar-refractivity contribution in [3.63, 3.8) is 0 Å². The maximum atomic E-state index is 13.9. The molecule has 8 heteroatoms. The summed E-state index contributed by atoms with van der Waals surface area (Å²) in [4.78, 5) is 20.7. The molecule has 1 heterocycles. The Balaban J connectivity index is 1.67. The SMILES string of the molecule is CCCCN(CCCC)S(=O)(=O)c1ccc(C(=O)N(Cc2ccccc2)c2nc3c(C)c(C)ccc3s2)cc1. The average Bonchev–Trinajstić information content (AvgIpc) is 3.39. The fourth-order valence-electron chi connectivity index (χ4n) is 4.42. The van der Waals surface area contributed by atoms with Crippen LogP contribution in [-0.4, -0.2) is 36.7 Å². The summed E-state index contributed by atoms with van der Waals surface area (Å²) in [7, 11) is -3.64. The quantitative estimate of drug-likeness (QED) is 0.181. The predicted molar refractivity (Wildman–Crippen MR) is 161 cm³/mol. The first kappa shape index (κ1) is 28.9. The molecule has 3 aromatic carbocycles. The third-order valence-corrected chi connectivity index (χ3v) is 9.95. The largest absolute Gasteiger partial charge is 0.279 e. The van der Waals surface area contributed by atoms with Crippen LogP contribution in [0.15, 0.2) is 71.6 Å². The molecule has 0 saturated heterocycles. The van der Waals surface area contributed by atoms with Crippen LogP contribution in [0.2, 0.25) is 0 Å². The average molecular weight is 564 g/mol. The van der Waals surface area contributed by atoms with E-state index in [1.807, 2.05) is 43.3 Å². The number of amides is 1. The summed E-state index contributed by atoms with van der Waals surface area (Å²) in [5.74, 6) is -0.218. The third kappa shape index (κ3) is 6.57. The smallest absolute Gasteiger partial charge is 0.260 e. The van der Waals surface area contributed by atoms with Crippen molar-refractivity contribution in [2.75, 3.05) is 18.0 Å². The summed E-state index contributed by atoms with van der Waals surface area (Å²) in [6.45, 7) is 9.58. The fourth-order valence-corrected chi connectivity index (χ4v) is 6.96. The lowest BCUT2D eigenvalue weighted by Crippen LogP contribution is -2.33. The molecular weight excluding hydrogens is 526 g/mol. The van der Waals surface area contributed by atoms with Gasteiger partial charge in [-0.05, 0) is 73.7 Å². The molecule has 4 rings (SSSR count). The third-order valence-electron chi connectivity index (χ3n) is 6.99. The first-order chi connectivity index (χ1) is 18.8. The number of anilines is 1. The normalized spacial score (nSPS) is 11.8. The van der Waals surface area contributed by atoms with Gasteiger partial charge in [0.2, 0.25) is 10.0 Å². The maximum absolute atomic E-state index is 13.9. The monoisotopic (exact) mass is 563 g/mol. The van der Waals surface area contributed by atoms with Gasteiger partial charge in [-0.25, -0.2) is 13.4 Å². The van der Waals surface area contributed by atoms with E-state index in [-0.39, 0.29) is 10.8 Å². The Kier molecular flexibility index (Phi) is 9.53. The number of aromatic nitrogens is 1. The highest BCUT2D eigenvalue weighted by molar-refractivity contribution is 7.89. The number of thiazole rings is 1. The van der Waals surface area contributed by atoms with Gasteiger partial charge in [0.15, 0.2) is 5.13 Å². The summed E-state index contributed by atoms with van der Waals surface area (Å²) in [6, 6.07) is 20.3. The van der Waals surface area contributed by atoms with Crippen LogP contribution in [-0.2, 0) is 16.6 Å². The zero-order valence-corrected chi connectivity index (χ0v) is 24.8. The lowest BCUT2D eigenvalue weighted by atomic mass is 10.1. The number of nitrogens with zero attached hydrogens (tertiary/aromatic N) is 3. The van der Waals surface area contributed by atoms with E-state index in [0.717, 1.165) is 52.6 Å². The van der Waals surface area contributed by atoms with Crippen LogP contribution in [0, 0.1) is 13.8 Å². The van der Waals surface area contributed by atoms with Gasteiger partial charge in [-0.1, -0.05) is 74.4 Å². The van der Waals surface area contributed by atoms with Crippen LogP contribution in [0.25, 0.3) is 10.2 Å². The van der Waals surface area contributed by atoms with Gasteiger partial charge in [-0.15, -0.1) is 0 Å². The number of hydrogen-bond acceptors (Lipinski definition) is 5. The Labute approximate surface area is 236 Å². The van der Waals surface area contributed by atoms with Gasteiger partial charge in [-0.3, -0.25) is 9.69 Å². The molecule has 0 N–H and O–H groups in total. The molecule has 39 heavy (non-hydrogen) atoms. The van der Waals surface area contributed by atoms with Gasteiger partial charge >= 0.3 is 0 Å². The van der Waals surface area contributed by atoms with Crippen molar-refractivity contribution in [3.05, 3.63) is 89.0 Å². The van der Waals surface area contributed by atoms with Crippen LogP contribution in [0.3, 0.4) is 0 Å². The maximum Gasteiger partial charge on any atom is 0.260 e. The minimum atomic E-state index is -3.64. The Morgan fingerprint density at radius 3 is 2.13 bits per heavy atom. The van der Waals surface area contributed by atoms with E-state index in [2.05, 4.69) is 26.8 Å². The van der Waals surface area contributed by atoms with E-state index in [4.69, 9.17) is 4.98 Å². The molecule has 0 aliphatic heterocycles. The standard InChI is InChI=1S/C31H37N3O3S2/c1-5-7-20-33(21-8-6-2)39(36,37)27-17-15-26(16-18-27)30(35)34(22-25-12-10-9-11-13-25)31-32-29-24(4)23(3)14-19-28(29)38-31/h9-19H,5-8,20-22H2,1-4H3. The number of sulfonamides is 1. The number of aryl methyl sites for hydroxylation is 2. The molecular formula is C31H37N3O3S2. The van der Waals surface area contributed by atoms with E-state index in [1.54, 1.807) is 33.5 Å². The first-order valence-corrected chi connectivity index (χ1v) is 15.8. The molecule has 0 saturated carbocycles. The Hall–Kier alpha value is -3.07. The molecule has 0 bridgehead atoms. The summed E-state index contributed by atoms with van der Waals surface area (Å²) < 4.78 is 29.4. The van der Waals surface area contributed by atoms with Crippen molar-refractivity contribution >= 4 is 42.6 Å². The van der Waals surface area contributed by atoms with E-state index in [1.165, 1.54) is 11.3 Å². The van der Waals surface area contributed by atoms with E-state index in [0.29, 0.717) is 30.3 Å². The van der Waals surface area contributed by atoms with Gasteiger partial charge in [0.1, 0.15) is 0 Å². The van der Waals surface area contributed by atoms with Crippen molar-refractivity contribution in [1.82, 2.24) is 9.29 Å². The lowest BCUT2D eigenvalue weighted by Gasteiger charge is -2.23. The minimum absolute atomic E-state index is 0.215. The highest BCUT2D eigenvalue weighted by atomic mass is 32.2. The Bertz CT molecular complexity index is 1510. The molecule has 0 unspecified atom stereocenters. The van der Waals surface area contributed by atoms with Gasteiger partial charge in [0, 0.05) is 18.7 Å². The number of benzene rings is 3. The van der Waals surface area contributed by atoms with Crippen LogP contribution < -0.4 is 4.90 Å². The molecule has 0 atom stereocenters. The topological polar surface area (TPSA) is 70.6 Å². The lowest BCUT2D eigenvalue weighted by molar-refractivity contribution is 0.0985. The molecule has 4 aromatic rings. The van der Waals surface area contributed by atoms with Crippen LogP contribution in [0.4, 0.5) is 5.13 Å². The number of fused-ring (bicyclic) bond motifs is 1. The minimum Gasteiger partial charge on any atom is -0.279 e. The summed E-state index contributed by atoms with van der Waals surface area (Å²) in [6.07, 6.45) is 3.48. The molecule has 0 aliphatic rings. The zero-order chi connectivity index (χ0) is 28.0. The molecule has 0 fully saturated rings.